The SMILES string of the molecule is C1=CCC=C(c2nc3cc4nc(-c5ccccc5)[nH]c4cc3[nH]2)C=C1. The van der Waals surface area contributed by atoms with Crippen molar-refractivity contribution in [2.45, 2.75) is 6.42 Å². The molecule has 4 aromatic rings. The van der Waals surface area contributed by atoms with E-state index in [0.29, 0.717) is 0 Å². The molecule has 0 atom stereocenters. The van der Waals surface area contributed by atoms with Crippen molar-refractivity contribution in [1.82, 2.24) is 19.9 Å². The first-order valence-corrected chi connectivity index (χ1v) is 8.35. The van der Waals surface area contributed by atoms with Gasteiger partial charge in [-0.3, -0.25) is 0 Å². The number of allylic oxidation sites excluding steroid dienone is 6. The molecule has 120 valence electrons. The Bertz CT molecular complexity index is 1110. The molecule has 1 aliphatic carbocycles. The summed E-state index contributed by atoms with van der Waals surface area (Å²) in [7, 11) is 0. The van der Waals surface area contributed by atoms with Crippen molar-refractivity contribution in [1.29, 1.82) is 0 Å². The van der Waals surface area contributed by atoms with Gasteiger partial charge in [0.2, 0.25) is 0 Å². The largest absolute Gasteiger partial charge is 0.338 e. The van der Waals surface area contributed by atoms with Crippen LogP contribution >= 0.6 is 0 Å². The Morgan fingerprint density at radius 1 is 0.800 bits per heavy atom. The maximum absolute atomic E-state index is 4.75. The Balaban J connectivity index is 1.60. The van der Waals surface area contributed by atoms with Gasteiger partial charge in [-0.05, 0) is 18.6 Å². The van der Waals surface area contributed by atoms with E-state index in [-0.39, 0.29) is 0 Å². The second-order valence-electron chi connectivity index (χ2n) is 6.11. The molecule has 4 heteroatoms. The maximum atomic E-state index is 4.75. The van der Waals surface area contributed by atoms with Crippen LogP contribution < -0.4 is 0 Å². The van der Waals surface area contributed by atoms with Gasteiger partial charge >= 0.3 is 0 Å². The first kappa shape index (κ1) is 14.0. The standard InChI is InChI=1S/C21H16N4/c1-2-5-9-14(8-4-1)20-22-16-12-18-19(13-17(16)23-20)25-21(24-18)15-10-6-3-7-11-15/h1-4,6-13H,5H2,(H,22,23)(H,24,25). The van der Waals surface area contributed by atoms with Gasteiger partial charge in [-0.1, -0.05) is 60.7 Å². The number of hydrogen-bond donors (Lipinski definition) is 2. The zero-order valence-electron chi connectivity index (χ0n) is 13.5. The average molecular weight is 324 g/mol. The summed E-state index contributed by atoms with van der Waals surface area (Å²) in [6, 6.07) is 14.3. The number of nitrogens with zero attached hydrogens (tertiary/aromatic N) is 2. The van der Waals surface area contributed by atoms with Gasteiger partial charge in [-0.25, -0.2) is 9.97 Å². The number of hydrogen-bond acceptors (Lipinski definition) is 2. The minimum absolute atomic E-state index is 0.879. The Morgan fingerprint density at radius 3 is 2.40 bits per heavy atom. The quantitative estimate of drug-likeness (QED) is 0.545. The van der Waals surface area contributed by atoms with Gasteiger partial charge in [0, 0.05) is 11.1 Å². The van der Waals surface area contributed by atoms with Crippen molar-refractivity contribution in [3.63, 3.8) is 0 Å². The third-order valence-corrected chi connectivity index (χ3v) is 4.40. The van der Waals surface area contributed by atoms with Gasteiger partial charge in [-0.15, -0.1) is 0 Å². The molecule has 0 saturated carbocycles. The first-order chi connectivity index (χ1) is 12.4. The van der Waals surface area contributed by atoms with Crippen LogP contribution in [0.15, 0.2) is 72.8 Å². The Kier molecular flexibility index (Phi) is 3.13. The van der Waals surface area contributed by atoms with Gasteiger partial charge in [0.15, 0.2) is 0 Å². The Morgan fingerprint density at radius 2 is 1.56 bits per heavy atom. The van der Waals surface area contributed by atoms with Gasteiger partial charge in [0.05, 0.1) is 22.1 Å². The van der Waals surface area contributed by atoms with Gasteiger partial charge < -0.3 is 9.97 Å². The fourth-order valence-corrected chi connectivity index (χ4v) is 3.14. The Labute approximate surface area is 144 Å². The van der Waals surface area contributed by atoms with Crippen LogP contribution in [0.3, 0.4) is 0 Å². The topological polar surface area (TPSA) is 57.4 Å². The minimum Gasteiger partial charge on any atom is -0.338 e. The predicted octanol–water partition coefficient (Wildman–Crippen LogP) is 5.01. The molecule has 2 aromatic heterocycles. The molecule has 0 radical (unpaired) electrons. The lowest BCUT2D eigenvalue weighted by molar-refractivity contribution is 1.26. The zero-order valence-corrected chi connectivity index (χ0v) is 13.5. The third kappa shape index (κ3) is 2.48. The monoisotopic (exact) mass is 324 g/mol. The molecule has 0 saturated heterocycles. The Hall–Kier alpha value is -3.40. The fourth-order valence-electron chi connectivity index (χ4n) is 3.14. The van der Waals surface area contributed by atoms with Crippen molar-refractivity contribution in [3.8, 4) is 11.4 Å². The number of rotatable bonds is 2. The molecule has 4 nitrogen and oxygen atoms in total. The van der Waals surface area contributed by atoms with Crippen LogP contribution in [0.4, 0.5) is 0 Å². The molecule has 2 aromatic carbocycles. The number of aromatic nitrogens is 4. The molecule has 0 unspecified atom stereocenters. The van der Waals surface area contributed by atoms with E-state index in [1.807, 2.05) is 30.3 Å². The van der Waals surface area contributed by atoms with Crippen LogP contribution in [-0.4, -0.2) is 19.9 Å². The second kappa shape index (κ2) is 5.60. The zero-order chi connectivity index (χ0) is 16.6. The first-order valence-electron chi connectivity index (χ1n) is 8.35. The number of benzene rings is 2. The number of imidazole rings is 2. The number of nitrogens with one attached hydrogen (secondary N) is 2. The van der Waals surface area contributed by atoms with Crippen molar-refractivity contribution < 1.29 is 0 Å². The van der Waals surface area contributed by atoms with E-state index in [4.69, 9.17) is 9.97 Å². The van der Waals surface area contributed by atoms with Crippen LogP contribution in [-0.2, 0) is 0 Å². The molecule has 0 bridgehead atoms. The normalized spacial score (nSPS) is 14.2. The highest BCUT2D eigenvalue weighted by Gasteiger charge is 2.11. The molecule has 25 heavy (non-hydrogen) atoms. The van der Waals surface area contributed by atoms with Gasteiger partial charge in [-0.2, -0.15) is 0 Å². The van der Waals surface area contributed by atoms with Crippen molar-refractivity contribution >= 4 is 27.6 Å². The average Bonchev–Trinajstić information content (AvgIpc) is 3.14. The fraction of sp³-hybridized carbons (Fsp3) is 0.0476. The lowest BCUT2D eigenvalue weighted by Crippen LogP contribution is -1.83. The number of fused-ring (bicyclic) bond motifs is 2. The van der Waals surface area contributed by atoms with Gasteiger partial charge in [0.25, 0.3) is 0 Å². The second-order valence-corrected chi connectivity index (χ2v) is 6.11. The minimum atomic E-state index is 0.879. The molecule has 0 fully saturated rings. The molecule has 0 amide bonds. The molecule has 2 N–H and O–H groups in total. The summed E-state index contributed by atoms with van der Waals surface area (Å²) >= 11 is 0. The van der Waals surface area contributed by atoms with Crippen LogP contribution in [0.5, 0.6) is 0 Å². The van der Waals surface area contributed by atoms with E-state index in [2.05, 4.69) is 52.5 Å². The van der Waals surface area contributed by atoms with E-state index in [0.717, 1.165) is 51.3 Å². The van der Waals surface area contributed by atoms with E-state index in [1.165, 1.54) is 0 Å². The summed E-state index contributed by atoms with van der Waals surface area (Å²) < 4.78 is 0. The molecule has 1 aliphatic rings. The summed E-state index contributed by atoms with van der Waals surface area (Å²) in [5.74, 6) is 1.77. The predicted molar refractivity (Wildman–Crippen MR) is 102 cm³/mol. The van der Waals surface area contributed by atoms with Crippen LogP contribution in [0.1, 0.15) is 12.2 Å². The van der Waals surface area contributed by atoms with Crippen molar-refractivity contribution in [2.75, 3.05) is 0 Å². The number of aromatic amines is 2. The summed E-state index contributed by atoms with van der Waals surface area (Å²) in [6.07, 6.45) is 11.4. The van der Waals surface area contributed by atoms with Crippen molar-refractivity contribution in [2.24, 2.45) is 0 Å². The molecule has 5 rings (SSSR count). The van der Waals surface area contributed by atoms with Crippen LogP contribution in [0.25, 0.3) is 39.0 Å². The molecule has 0 spiro atoms. The maximum Gasteiger partial charge on any atom is 0.138 e. The summed E-state index contributed by atoms with van der Waals surface area (Å²) in [5, 5.41) is 0. The molecular formula is C21H16N4. The number of H-pyrrole nitrogens is 2. The lowest BCUT2D eigenvalue weighted by atomic mass is 10.2. The highest BCUT2D eigenvalue weighted by molar-refractivity contribution is 5.94. The van der Waals surface area contributed by atoms with Crippen LogP contribution in [0, 0.1) is 0 Å². The molecular weight excluding hydrogens is 308 g/mol. The molecule has 0 aliphatic heterocycles. The van der Waals surface area contributed by atoms with Crippen LogP contribution in [0.2, 0.25) is 0 Å². The smallest absolute Gasteiger partial charge is 0.138 e. The highest BCUT2D eigenvalue weighted by Crippen LogP contribution is 2.26. The van der Waals surface area contributed by atoms with E-state index >= 15 is 0 Å². The third-order valence-electron chi connectivity index (χ3n) is 4.40. The van der Waals surface area contributed by atoms with Gasteiger partial charge in [0.1, 0.15) is 11.6 Å². The lowest BCUT2D eigenvalue weighted by Gasteiger charge is -1.94. The molecule has 2 heterocycles. The van der Waals surface area contributed by atoms with Crippen molar-refractivity contribution in [3.05, 3.63) is 78.7 Å². The summed E-state index contributed by atoms with van der Waals surface area (Å²) in [6.45, 7) is 0. The van der Waals surface area contributed by atoms with E-state index < -0.39 is 0 Å². The van der Waals surface area contributed by atoms with E-state index in [9.17, 15) is 0 Å². The highest BCUT2D eigenvalue weighted by atomic mass is 15.0. The van der Waals surface area contributed by atoms with E-state index in [1.54, 1.807) is 0 Å². The summed E-state index contributed by atoms with van der Waals surface area (Å²) in [4.78, 5) is 16.3. The summed E-state index contributed by atoms with van der Waals surface area (Å²) in [5.41, 5.74) is 6.07.